The third-order valence-electron chi connectivity index (χ3n) is 0.577. The Hall–Kier alpha value is 1.03. The van der Waals surface area contributed by atoms with Crippen molar-refractivity contribution in [2.45, 2.75) is 24.4 Å². The summed E-state index contributed by atoms with van der Waals surface area (Å²) in [5.74, 6) is 0. The molecule has 0 aromatic rings. The number of rotatable bonds is 2. The summed E-state index contributed by atoms with van der Waals surface area (Å²) in [6, 6.07) is 0. The fourth-order valence-corrected chi connectivity index (χ4v) is 0.866. The van der Waals surface area contributed by atoms with Gasteiger partial charge in [0.2, 0.25) is 0 Å². The van der Waals surface area contributed by atoms with Crippen molar-refractivity contribution in [3.63, 3.8) is 0 Å². The van der Waals surface area contributed by atoms with Crippen molar-refractivity contribution in [2.24, 2.45) is 0 Å². The van der Waals surface area contributed by atoms with E-state index in [9.17, 15) is 0 Å². The number of hydrogen-bond donors (Lipinski definition) is 0. The van der Waals surface area contributed by atoms with Crippen molar-refractivity contribution in [3.05, 3.63) is 0 Å². The van der Waals surface area contributed by atoms with Gasteiger partial charge in [0.25, 0.3) is 0 Å². The van der Waals surface area contributed by atoms with Crippen LogP contribution in [0.15, 0.2) is 0 Å². The molecule has 0 aliphatic heterocycles. The van der Waals surface area contributed by atoms with Gasteiger partial charge in [0, 0.05) is 16.5 Å². The first-order valence-corrected chi connectivity index (χ1v) is 3.86. The van der Waals surface area contributed by atoms with Gasteiger partial charge in [0.05, 0.1) is 0 Å². The second kappa shape index (κ2) is 9.39. The van der Waals surface area contributed by atoms with Gasteiger partial charge in [-0.3, -0.25) is 0 Å². The normalized spacial score (nSPS) is 6.33. The zero-order valence-electron chi connectivity index (χ0n) is 4.31. The Bertz CT molecular complexity index is 15.0. The molecule has 0 fully saturated rings. The Morgan fingerprint density at radius 2 is 1.50 bits per heavy atom. The predicted octanol–water partition coefficient (Wildman–Crippen LogP) is 1.56. The summed E-state index contributed by atoms with van der Waals surface area (Å²) in [5.41, 5.74) is 0. The van der Waals surface area contributed by atoms with Crippen molar-refractivity contribution >= 4 is 15.2 Å². The molecule has 0 rings (SSSR count). The Morgan fingerprint density at radius 3 is 1.50 bits per heavy atom. The summed E-state index contributed by atoms with van der Waals surface area (Å²) in [4.78, 5) is 0. The Balaban J connectivity index is 0. The molecule has 2 heteroatoms. The Labute approximate surface area is 56.3 Å². The van der Waals surface area contributed by atoms with E-state index in [0.717, 1.165) is 15.2 Å². The molecule has 0 atom stereocenters. The van der Waals surface area contributed by atoms with Crippen molar-refractivity contribution < 1.29 is 16.5 Å². The molecule has 0 saturated heterocycles. The average molecular weight is 144 g/mol. The number of hydrogen-bond acceptors (Lipinski definition) is 0. The molecule has 39 valence electrons. The zero-order chi connectivity index (χ0) is 4.12. The van der Waals surface area contributed by atoms with Crippen LogP contribution in [-0.4, -0.2) is 15.2 Å². The molecule has 0 nitrogen and oxygen atoms in total. The van der Waals surface area contributed by atoms with Gasteiger partial charge in [0.15, 0.2) is 15.2 Å². The summed E-state index contributed by atoms with van der Waals surface area (Å²) in [6.45, 7) is 4.50. The van der Waals surface area contributed by atoms with Gasteiger partial charge >= 0.3 is 0 Å². The van der Waals surface area contributed by atoms with Gasteiger partial charge in [-0.05, 0) is 0 Å². The summed E-state index contributed by atoms with van der Waals surface area (Å²) < 4.78 is 0. The monoisotopic (exact) mass is 143 g/mol. The molecule has 0 aromatic carbocycles. The van der Waals surface area contributed by atoms with Gasteiger partial charge in [0.1, 0.15) is 0 Å². The van der Waals surface area contributed by atoms with Gasteiger partial charge in [-0.2, -0.15) is 0 Å². The molecule has 0 aromatic heterocycles. The third kappa shape index (κ3) is 8.90. The minimum atomic E-state index is 0. The first kappa shape index (κ1) is 10.1. The predicted molar refractivity (Wildman–Crippen MR) is 26.7 cm³/mol. The molecule has 0 bridgehead atoms. The third-order valence-corrected chi connectivity index (χ3v) is 1.73. The van der Waals surface area contributed by atoms with Crippen molar-refractivity contribution in [2.75, 3.05) is 0 Å². The molecule has 6 heavy (non-hydrogen) atoms. The second-order valence-electron chi connectivity index (χ2n) is 1.11. The van der Waals surface area contributed by atoms with Crippen LogP contribution in [0.2, 0.25) is 10.6 Å². The summed E-state index contributed by atoms with van der Waals surface area (Å²) in [7, 11) is 0. The molecule has 0 amide bonds. The fraction of sp³-hybridized carbons (Fsp3) is 1.00. The first-order valence-electron chi connectivity index (χ1n) is 2.23. The summed E-state index contributed by atoms with van der Waals surface area (Å²) in [5, 5.41) is 2.85. The van der Waals surface area contributed by atoms with Crippen molar-refractivity contribution in [3.8, 4) is 0 Å². The minimum absolute atomic E-state index is 0. The standard InChI is InChI=1S/2C2H5.Al.Ni/c2*1-2;;/h2*1H2,2H3;;. The Morgan fingerprint density at radius 1 is 1.17 bits per heavy atom. The van der Waals surface area contributed by atoms with E-state index in [2.05, 4.69) is 13.8 Å². The first-order chi connectivity index (χ1) is 2.41. The summed E-state index contributed by atoms with van der Waals surface area (Å²) in [6.07, 6.45) is 0. The Kier molecular flexibility index (Phi) is 15.8. The molecule has 0 spiro atoms. The van der Waals surface area contributed by atoms with Gasteiger partial charge < -0.3 is 0 Å². The molecule has 0 unspecified atom stereocenters. The van der Waals surface area contributed by atoms with Crippen LogP contribution >= 0.6 is 0 Å². The minimum Gasteiger partial charge on any atom is -0.106 e. The maximum Gasteiger partial charge on any atom is 0.198 e. The largest absolute Gasteiger partial charge is 0.198 e. The maximum atomic E-state index is 2.25. The topological polar surface area (TPSA) is 0 Å². The molecule has 0 heterocycles. The van der Waals surface area contributed by atoms with E-state index in [-0.39, 0.29) is 16.5 Å². The van der Waals surface area contributed by atoms with E-state index >= 15 is 0 Å². The van der Waals surface area contributed by atoms with E-state index in [1.54, 1.807) is 0 Å². The van der Waals surface area contributed by atoms with Crippen LogP contribution in [0, 0.1) is 0 Å². The molecule has 1 radical (unpaired) electrons. The fourth-order valence-electron chi connectivity index (χ4n) is 0.289. The average Bonchev–Trinajstić information content (AvgIpc) is 1.41. The van der Waals surface area contributed by atoms with E-state index in [4.69, 9.17) is 0 Å². The molecule has 0 aliphatic rings. The van der Waals surface area contributed by atoms with Crippen molar-refractivity contribution in [1.82, 2.24) is 0 Å². The van der Waals surface area contributed by atoms with Crippen LogP contribution in [0.5, 0.6) is 0 Å². The quantitative estimate of drug-likeness (QED) is 0.515. The van der Waals surface area contributed by atoms with Crippen molar-refractivity contribution in [1.29, 1.82) is 0 Å². The molecular weight excluding hydrogens is 134 g/mol. The zero-order valence-corrected chi connectivity index (χ0v) is 6.45. The van der Waals surface area contributed by atoms with Gasteiger partial charge in [-0.1, -0.05) is 13.8 Å². The SMILES string of the molecule is C[CH2][Al][CH2]C.[Ni]. The van der Waals surface area contributed by atoms with E-state index in [1.165, 1.54) is 10.6 Å². The van der Waals surface area contributed by atoms with Crippen LogP contribution in [0.3, 0.4) is 0 Å². The van der Waals surface area contributed by atoms with E-state index in [0.29, 0.717) is 0 Å². The van der Waals surface area contributed by atoms with Gasteiger partial charge in [-0.15, -0.1) is 10.6 Å². The van der Waals surface area contributed by atoms with Crippen LogP contribution < -0.4 is 0 Å². The van der Waals surface area contributed by atoms with E-state index < -0.39 is 0 Å². The van der Waals surface area contributed by atoms with Crippen LogP contribution in [0.4, 0.5) is 0 Å². The molecule has 0 saturated carbocycles. The maximum absolute atomic E-state index is 2.25. The van der Waals surface area contributed by atoms with Crippen LogP contribution in [0.1, 0.15) is 13.8 Å². The van der Waals surface area contributed by atoms with E-state index in [1.807, 2.05) is 0 Å². The molecule has 0 aliphatic carbocycles. The van der Waals surface area contributed by atoms with Gasteiger partial charge in [-0.25, -0.2) is 0 Å². The smallest absolute Gasteiger partial charge is 0.106 e. The second-order valence-corrected chi connectivity index (χ2v) is 3.32. The molecule has 0 N–H and O–H groups in total. The molecular formula is C4H10AlNi. The van der Waals surface area contributed by atoms with Crippen LogP contribution in [-0.2, 0) is 16.5 Å². The van der Waals surface area contributed by atoms with Crippen LogP contribution in [0.25, 0.3) is 0 Å². The summed E-state index contributed by atoms with van der Waals surface area (Å²) >= 11 is 0.815.